The van der Waals surface area contributed by atoms with Gasteiger partial charge in [0, 0.05) is 6.07 Å². The van der Waals surface area contributed by atoms with Crippen LogP contribution < -0.4 is 9.64 Å². The van der Waals surface area contributed by atoms with Crippen LogP contribution in [0.25, 0.3) is 10.2 Å². The fourth-order valence-corrected chi connectivity index (χ4v) is 4.63. The number of fused-ring (bicyclic) bond motifs is 1. The summed E-state index contributed by atoms with van der Waals surface area (Å²) in [5, 5.41) is 0.650. The number of rotatable bonds is 5. The lowest BCUT2D eigenvalue weighted by molar-refractivity contribution is 0.0989. The van der Waals surface area contributed by atoms with E-state index in [0.717, 1.165) is 21.5 Å². The molecule has 0 saturated heterocycles. The van der Waals surface area contributed by atoms with Crippen LogP contribution in [0.3, 0.4) is 0 Å². The van der Waals surface area contributed by atoms with Crippen molar-refractivity contribution in [3.8, 4) is 5.75 Å². The van der Waals surface area contributed by atoms with Crippen LogP contribution in [0, 0.1) is 0 Å². The fraction of sp³-hybridized carbons (Fsp3) is 0.100. The quantitative estimate of drug-likeness (QED) is 0.410. The summed E-state index contributed by atoms with van der Waals surface area (Å²) in [5.74, 6) is 0.632. The van der Waals surface area contributed by atoms with E-state index < -0.39 is 0 Å². The molecule has 4 aromatic rings. The van der Waals surface area contributed by atoms with Crippen LogP contribution in [0.2, 0.25) is 4.34 Å². The summed E-state index contributed by atoms with van der Waals surface area (Å²) >= 11 is 8.79. The van der Waals surface area contributed by atoms with E-state index in [1.807, 2.05) is 48.5 Å². The molecule has 4 nitrogen and oxygen atoms in total. The van der Waals surface area contributed by atoms with Gasteiger partial charge in [0.15, 0.2) is 5.13 Å². The van der Waals surface area contributed by atoms with Crippen molar-refractivity contribution in [3.63, 3.8) is 0 Å². The first-order valence-corrected chi connectivity index (χ1v) is 10.2. The van der Waals surface area contributed by atoms with Crippen molar-refractivity contribution in [2.75, 3.05) is 12.0 Å². The summed E-state index contributed by atoms with van der Waals surface area (Å²) in [6, 6.07) is 19.1. The van der Waals surface area contributed by atoms with Gasteiger partial charge >= 0.3 is 0 Å². The Hall–Kier alpha value is -2.41. The molecule has 0 radical (unpaired) electrons. The van der Waals surface area contributed by atoms with Gasteiger partial charge in [-0.2, -0.15) is 0 Å². The molecule has 0 saturated carbocycles. The molecule has 0 aliphatic heterocycles. The third kappa shape index (κ3) is 3.83. The third-order valence-corrected chi connectivity index (χ3v) is 6.31. The summed E-state index contributed by atoms with van der Waals surface area (Å²) < 4.78 is 6.87. The van der Waals surface area contributed by atoms with E-state index in [9.17, 15) is 4.79 Å². The SMILES string of the molecule is COc1ccc2sc(N(Cc3ccccc3)C(=O)c3ccc(Cl)s3)nc2c1. The maximum atomic E-state index is 13.2. The third-order valence-electron chi connectivity index (χ3n) is 4.03. The Morgan fingerprint density at radius 3 is 2.63 bits per heavy atom. The number of thiophene rings is 1. The fourth-order valence-electron chi connectivity index (χ4n) is 2.69. The average Bonchev–Trinajstić information content (AvgIpc) is 3.31. The molecular formula is C20H15ClN2O2S2. The molecule has 7 heteroatoms. The van der Waals surface area contributed by atoms with Crippen LogP contribution in [0.5, 0.6) is 5.75 Å². The highest BCUT2D eigenvalue weighted by Crippen LogP contribution is 2.34. The lowest BCUT2D eigenvalue weighted by atomic mass is 10.2. The summed E-state index contributed by atoms with van der Waals surface area (Å²) in [6.07, 6.45) is 0. The van der Waals surface area contributed by atoms with Crippen molar-refractivity contribution < 1.29 is 9.53 Å². The van der Waals surface area contributed by atoms with E-state index in [1.165, 1.54) is 22.7 Å². The van der Waals surface area contributed by atoms with Crippen LogP contribution in [0.4, 0.5) is 5.13 Å². The zero-order chi connectivity index (χ0) is 18.8. The Balaban J connectivity index is 1.75. The van der Waals surface area contributed by atoms with Crippen molar-refractivity contribution in [3.05, 3.63) is 75.4 Å². The number of methoxy groups -OCH3 is 1. The predicted molar refractivity (Wildman–Crippen MR) is 112 cm³/mol. The number of carbonyl (C=O) groups excluding carboxylic acids is 1. The second kappa shape index (κ2) is 7.68. The normalized spacial score (nSPS) is 10.9. The van der Waals surface area contributed by atoms with Gasteiger partial charge in [-0.3, -0.25) is 9.69 Å². The molecule has 0 atom stereocenters. The number of nitrogens with zero attached hydrogens (tertiary/aromatic N) is 2. The minimum atomic E-state index is -0.109. The number of anilines is 1. The first-order chi connectivity index (χ1) is 13.1. The molecule has 0 unspecified atom stereocenters. The highest BCUT2D eigenvalue weighted by Gasteiger charge is 2.23. The molecule has 0 aliphatic carbocycles. The summed E-state index contributed by atoms with van der Waals surface area (Å²) in [7, 11) is 1.63. The Kier molecular flexibility index (Phi) is 5.11. The van der Waals surface area contributed by atoms with E-state index in [-0.39, 0.29) is 5.91 Å². The maximum absolute atomic E-state index is 13.2. The monoisotopic (exact) mass is 414 g/mol. The lowest BCUT2D eigenvalue weighted by Crippen LogP contribution is -2.29. The van der Waals surface area contributed by atoms with Gasteiger partial charge in [0.2, 0.25) is 0 Å². The predicted octanol–water partition coefficient (Wildman–Crippen LogP) is 5.87. The van der Waals surface area contributed by atoms with Crippen LogP contribution >= 0.6 is 34.3 Å². The molecule has 2 aromatic heterocycles. The largest absolute Gasteiger partial charge is 0.497 e. The Morgan fingerprint density at radius 1 is 1.11 bits per heavy atom. The topological polar surface area (TPSA) is 42.4 Å². The summed E-state index contributed by atoms with van der Waals surface area (Å²) in [5.41, 5.74) is 1.84. The molecular weight excluding hydrogens is 400 g/mol. The van der Waals surface area contributed by atoms with Crippen LogP contribution in [0.1, 0.15) is 15.2 Å². The molecule has 0 bridgehead atoms. The van der Waals surface area contributed by atoms with Crippen molar-refractivity contribution in [2.24, 2.45) is 0 Å². The van der Waals surface area contributed by atoms with Crippen LogP contribution in [-0.4, -0.2) is 18.0 Å². The Morgan fingerprint density at radius 2 is 1.93 bits per heavy atom. The molecule has 0 fully saturated rings. The Labute approximate surface area is 169 Å². The van der Waals surface area contributed by atoms with E-state index in [0.29, 0.717) is 20.9 Å². The maximum Gasteiger partial charge on any atom is 0.270 e. The molecule has 1 amide bonds. The number of hydrogen-bond donors (Lipinski definition) is 0. The van der Waals surface area contributed by atoms with Gasteiger partial charge in [-0.1, -0.05) is 53.3 Å². The molecule has 0 aliphatic rings. The van der Waals surface area contributed by atoms with Crippen molar-refractivity contribution in [1.82, 2.24) is 4.98 Å². The number of benzene rings is 2. The van der Waals surface area contributed by atoms with E-state index in [1.54, 1.807) is 24.1 Å². The van der Waals surface area contributed by atoms with E-state index in [4.69, 9.17) is 16.3 Å². The molecule has 0 N–H and O–H groups in total. The number of thiazole rings is 1. The van der Waals surface area contributed by atoms with Crippen molar-refractivity contribution >= 4 is 55.5 Å². The highest BCUT2D eigenvalue weighted by molar-refractivity contribution is 7.22. The average molecular weight is 415 g/mol. The smallest absolute Gasteiger partial charge is 0.270 e. The standard InChI is InChI=1S/C20H15ClN2O2S2/c1-25-14-7-8-16-15(11-14)22-20(27-16)23(12-13-5-3-2-4-6-13)19(24)17-9-10-18(21)26-17/h2-11H,12H2,1H3. The van der Waals surface area contributed by atoms with Crippen LogP contribution in [-0.2, 0) is 6.54 Å². The number of ether oxygens (including phenoxy) is 1. The number of aromatic nitrogens is 1. The molecule has 2 aromatic carbocycles. The summed E-state index contributed by atoms with van der Waals surface area (Å²) in [6.45, 7) is 0.437. The van der Waals surface area contributed by atoms with Gasteiger partial charge < -0.3 is 4.74 Å². The second-order valence-corrected chi connectivity index (χ2v) is 8.53. The van der Waals surface area contributed by atoms with Gasteiger partial charge in [0.1, 0.15) is 5.75 Å². The molecule has 27 heavy (non-hydrogen) atoms. The molecule has 2 heterocycles. The lowest BCUT2D eigenvalue weighted by Gasteiger charge is -2.19. The first-order valence-electron chi connectivity index (χ1n) is 8.20. The van der Waals surface area contributed by atoms with Crippen LogP contribution in [0.15, 0.2) is 60.7 Å². The number of carbonyl (C=O) groups is 1. The second-order valence-electron chi connectivity index (χ2n) is 5.81. The summed E-state index contributed by atoms with van der Waals surface area (Å²) in [4.78, 5) is 20.2. The van der Waals surface area contributed by atoms with Crippen molar-refractivity contribution in [2.45, 2.75) is 6.54 Å². The molecule has 4 rings (SSSR count). The minimum absolute atomic E-state index is 0.109. The van der Waals surface area contributed by atoms with Gasteiger partial charge in [-0.05, 0) is 29.8 Å². The van der Waals surface area contributed by atoms with E-state index >= 15 is 0 Å². The Bertz CT molecular complexity index is 1090. The van der Waals surface area contributed by atoms with Gasteiger partial charge in [0.25, 0.3) is 5.91 Å². The van der Waals surface area contributed by atoms with Crippen molar-refractivity contribution in [1.29, 1.82) is 0 Å². The van der Waals surface area contributed by atoms with E-state index in [2.05, 4.69) is 4.98 Å². The number of halogens is 1. The van der Waals surface area contributed by atoms with Gasteiger partial charge in [0.05, 0.1) is 33.1 Å². The number of hydrogen-bond acceptors (Lipinski definition) is 5. The zero-order valence-electron chi connectivity index (χ0n) is 14.4. The van der Waals surface area contributed by atoms with Gasteiger partial charge in [-0.15, -0.1) is 11.3 Å². The number of amides is 1. The minimum Gasteiger partial charge on any atom is -0.497 e. The van der Waals surface area contributed by atoms with Gasteiger partial charge in [-0.25, -0.2) is 4.98 Å². The molecule has 136 valence electrons. The first kappa shape index (κ1) is 18.0. The zero-order valence-corrected chi connectivity index (χ0v) is 16.8. The molecule has 0 spiro atoms. The highest BCUT2D eigenvalue weighted by atomic mass is 35.5.